The highest BCUT2D eigenvalue weighted by atomic mass is 16.5. The normalized spacial score (nSPS) is 10.5. The van der Waals surface area contributed by atoms with Gasteiger partial charge in [-0.1, -0.05) is 18.2 Å². The van der Waals surface area contributed by atoms with Crippen molar-refractivity contribution in [1.82, 2.24) is 4.57 Å². The molecular formula is C18H16N2O3. The first-order valence-electron chi connectivity index (χ1n) is 7.19. The van der Waals surface area contributed by atoms with Gasteiger partial charge < -0.3 is 14.6 Å². The van der Waals surface area contributed by atoms with E-state index in [1.807, 2.05) is 42.1 Å². The predicted octanol–water partition coefficient (Wildman–Crippen LogP) is 3.01. The third kappa shape index (κ3) is 3.23. The largest absolute Gasteiger partial charge is 0.484 e. The molecule has 0 bridgehead atoms. The van der Waals surface area contributed by atoms with E-state index in [0.717, 1.165) is 22.9 Å². The Balaban J connectivity index is 1.68. The average molecular weight is 308 g/mol. The molecule has 5 nitrogen and oxygen atoms in total. The Hall–Kier alpha value is -3.08. The van der Waals surface area contributed by atoms with Gasteiger partial charge in [-0.05, 0) is 30.3 Å². The Morgan fingerprint density at radius 3 is 2.87 bits per heavy atom. The summed E-state index contributed by atoms with van der Waals surface area (Å²) in [4.78, 5) is 22.8. The van der Waals surface area contributed by atoms with Crippen LogP contribution in [0.15, 0.2) is 54.7 Å². The lowest BCUT2D eigenvalue weighted by Gasteiger charge is -2.09. The quantitative estimate of drug-likeness (QED) is 0.737. The lowest BCUT2D eigenvalue weighted by atomic mass is 10.2. The topological polar surface area (TPSA) is 60.3 Å². The summed E-state index contributed by atoms with van der Waals surface area (Å²) in [7, 11) is 1.96. The molecule has 0 aliphatic rings. The smallest absolute Gasteiger partial charge is 0.262 e. The lowest BCUT2D eigenvalue weighted by molar-refractivity contribution is -0.118. The average Bonchev–Trinajstić information content (AvgIpc) is 2.96. The SMILES string of the molecule is Cn1ccc2c(NC(=O)COc3cccc(C=O)c3)cccc21. The third-order valence-corrected chi connectivity index (χ3v) is 3.57. The minimum atomic E-state index is -0.252. The van der Waals surface area contributed by atoms with E-state index in [4.69, 9.17) is 4.74 Å². The Morgan fingerprint density at radius 2 is 2.04 bits per heavy atom. The van der Waals surface area contributed by atoms with Gasteiger partial charge in [0.15, 0.2) is 6.61 Å². The predicted molar refractivity (Wildman–Crippen MR) is 88.9 cm³/mol. The van der Waals surface area contributed by atoms with E-state index >= 15 is 0 Å². The van der Waals surface area contributed by atoms with Crippen molar-refractivity contribution in [2.75, 3.05) is 11.9 Å². The summed E-state index contributed by atoms with van der Waals surface area (Å²) >= 11 is 0. The molecule has 3 aromatic rings. The van der Waals surface area contributed by atoms with Crippen molar-refractivity contribution < 1.29 is 14.3 Å². The van der Waals surface area contributed by atoms with E-state index in [1.165, 1.54) is 0 Å². The monoisotopic (exact) mass is 308 g/mol. The molecule has 23 heavy (non-hydrogen) atoms. The van der Waals surface area contributed by atoms with Gasteiger partial charge in [-0.25, -0.2) is 0 Å². The lowest BCUT2D eigenvalue weighted by Crippen LogP contribution is -2.20. The fraction of sp³-hybridized carbons (Fsp3) is 0.111. The van der Waals surface area contributed by atoms with E-state index in [-0.39, 0.29) is 12.5 Å². The molecule has 0 unspecified atom stereocenters. The number of amides is 1. The summed E-state index contributed by atoms with van der Waals surface area (Å²) in [5.41, 5.74) is 2.30. The van der Waals surface area contributed by atoms with Crippen LogP contribution >= 0.6 is 0 Å². The van der Waals surface area contributed by atoms with Gasteiger partial charge >= 0.3 is 0 Å². The maximum absolute atomic E-state index is 12.1. The second kappa shape index (κ2) is 6.36. The molecule has 2 aromatic carbocycles. The van der Waals surface area contributed by atoms with Crippen molar-refractivity contribution in [2.24, 2.45) is 7.05 Å². The maximum atomic E-state index is 12.1. The number of benzene rings is 2. The van der Waals surface area contributed by atoms with Crippen LogP contribution in [0.5, 0.6) is 5.75 Å². The summed E-state index contributed by atoms with van der Waals surface area (Å²) < 4.78 is 7.42. The van der Waals surface area contributed by atoms with Crippen LogP contribution in [0.2, 0.25) is 0 Å². The van der Waals surface area contributed by atoms with Crippen molar-refractivity contribution >= 4 is 28.8 Å². The van der Waals surface area contributed by atoms with Gasteiger partial charge in [0.1, 0.15) is 12.0 Å². The van der Waals surface area contributed by atoms with Gasteiger partial charge in [-0.3, -0.25) is 9.59 Å². The standard InChI is InChI=1S/C18H16N2O3/c1-20-9-8-15-16(6-3-7-17(15)20)19-18(22)12-23-14-5-2-4-13(10-14)11-21/h2-11H,12H2,1H3,(H,19,22). The van der Waals surface area contributed by atoms with Gasteiger partial charge in [0.2, 0.25) is 0 Å². The number of hydrogen-bond acceptors (Lipinski definition) is 3. The van der Waals surface area contributed by atoms with Crippen LogP contribution in [0, 0.1) is 0 Å². The molecule has 0 saturated carbocycles. The molecule has 0 atom stereocenters. The first-order chi connectivity index (χ1) is 11.2. The Labute approximate surface area is 133 Å². The molecule has 3 rings (SSSR count). The molecule has 116 valence electrons. The number of hydrogen-bond donors (Lipinski definition) is 1. The van der Waals surface area contributed by atoms with Crippen LogP contribution < -0.4 is 10.1 Å². The van der Waals surface area contributed by atoms with E-state index in [1.54, 1.807) is 24.3 Å². The molecule has 1 heterocycles. The molecule has 0 saturated heterocycles. The minimum absolute atomic E-state index is 0.120. The van der Waals surface area contributed by atoms with Crippen molar-refractivity contribution in [3.8, 4) is 5.75 Å². The van der Waals surface area contributed by atoms with Crippen LogP contribution in [0.3, 0.4) is 0 Å². The van der Waals surface area contributed by atoms with Crippen molar-refractivity contribution in [3.63, 3.8) is 0 Å². The fourth-order valence-electron chi connectivity index (χ4n) is 2.42. The summed E-state index contributed by atoms with van der Waals surface area (Å²) in [6, 6.07) is 14.4. The summed E-state index contributed by atoms with van der Waals surface area (Å²) in [5, 5.41) is 3.83. The molecular weight excluding hydrogens is 292 g/mol. The molecule has 1 amide bonds. The first-order valence-corrected chi connectivity index (χ1v) is 7.19. The zero-order chi connectivity index (χ0) is 16.2. The van der Waals surface area contributed by atoms with E-state index < -0.39 is 0 Å². The van der Waals surface area contributed by atoms with E-state index in [2.05, 4.69) is 5.32 Å². The fourth-order valence-corrected chi connectivity index (χ4v) is 2.42. The number of nitrogens with one attached hydrogen (secondary N) is 1. The van der Waals surface area contributed by atoms with Crippen LogP contribution in [0.4, 0.5) is 5.69 Å². The molecule has 1 aromatic heterocycles. The number of carbonyl (C=O) groups is 2. The van der Waals surface area contributed by atoms with Gasteiger partial charge in [0.25, 0.3) is 5.91 Å². The van der Waals surface area contributed by atoms with Gasteiger partial charge in [-0.2, -0.15) is 0 Å². The van der Waals surface area contributed by atoms with Crippen LogP contribution in [0.25, 0.3) is 10.9 Å². The number of aryl methyl sites for hydroxylation is 1. The number of aldehydes is 1. The van der Waals surface area contributed by atoms with Crippen LogP contribution in [-0.2, 0) is 11.8 Å². The van der Waals surface area contributed by atoms with Crippen LogP contribution in [-0.4, -0.2) is 23.4 Å². The third-order valence-electron chi connectivity index (χ3n) is 3.57. The number of anilines is 1. The second-order valence-electron chi connectivity index (χ2n) is 5.19. The molecule has 0 fully saturated rings. The van der Waals surface area contributed by atoms with Crippen molar-refractivity contribution in [2.45, 2.75) is 0 Å². The molecule has 0 aliphatic heterocycles. The summed E-state index contributed by atoms with van der Waals surface area (Å²) in [6.07, 6.45) is 2.69. The Morgan fingerprint density at radius 1 is 1.22 bits per heavy atom. The Bertz CT molecular complexity index is 868. The Kier molecular flexibility index (Phi) is 4.10. The van der Waals surface area contributed by atoms with Gasteiger partial charge in [0, 0.05) is 29.7 Å². The van der Waals surface area contributed by atoms with Crippen molar-refractivity contribution in [3.05, 3.63) is 60.3 Å². The number of nitrogens with zero attached hydrogens (tertiary/aromatic N) is 1. The molecule has 1 N–H and O–H groups in total. The molecule has 0 radical (unpaired) electrons. The highest BCUT2D eigenvalue weighted by Gasteiger charge is 2.08. The first kappa shape index (κ1) is 14.8. The highest BCUT2D eigenvalue weighted by molar-refractivity contribution is 6.01. The van der Waals surface area contributed by atoms with Crippen molar-refractivity contribution in [1.29, 1.82) is 0 Å². The number of aromatic nitrogens is 1. The van der Waals surface area contributed by atoms with Gasteiger partial charge in [0.05, 0.1) is 5.69 Å². The highest BCUT2D eigenvalue weighted by Crippen LogP contribution is 2.23. The van der Waals surface area contributed by atoms with E-state index in [0.29, 0.717) is 11.3 Å². The number of carbonyl (C=O) groups excluding carboxylic acids is 2. The maximum Gasteiger partial charge on any atom is 0.262 e. The minimum Gasteiger partial charge on any atom is -0.484 e. The van der Waals surface area contributed by atoms with Gasteiger partial charge in [-0.15, -0.1) is 0 Å². The number of rotatable bonds is 5. The number of fused-ring (bicyclic) bond motifs is 1. The van der Waals surface area contributed by atoms with E-state index in [9.17, 15) is 9.59 Å². The second-order valence-corrected chi connectivity index (χ2v) is 5.19. The molecule has 5 heteroatoms. The van der Waals surface area contributed by atoms with Crippen LogP contribution in [0.1, 0.15) is 10.4 Å². The zero-order valence-corrected chi connectivity index (χ0v) is 12.7. The molecule has 0 spiro atoms. The summed E-state index contributed by atoms with van der Waals surface area (Å²) in [5.74, 6) is 0.237. The summed E-state index contributed by atoms with van der Waals surface area (Å²) in [6.45, 7) is -0.120. The molecule has 0 aliphatic carbocycles. The zero-order valence-electron chi connectivity index (χ0n) is 12.7. The number of ether oxygens (including phenoxy) is 1.